The van der Waals surface area contributed by atoms with Crippen LogP contribution in [0.25, 0.3) is 0 Å². The smallest absolute Gasteiger partial charge is 0.119 e. The minimum absolute atomic E-state index is 0.0265. The highest BCUT2D eigenvalue weighted by Crippen LogP contribution is 2.27. The Kier molecular flexibility index (Phi) is 4.53. The van der Waals surface area contributed by atoms with Gasteiger partial charge in [-0.15, -0.1) is 0 Å². The molecule has 0 aliphatic carbocycles. The Morgan fingerprint density at radius 2 is 1.90 bits per heavy atom. The van der Waals surface area contributed by atoms with Crippen LogP contribution in [0, 0.1) is 0 Å². The van der Waals surface area contributed by atoms with Gasteiger partial charge in [-0.1, -0.05) is 36.4 Å². The van der Waals surface area contributed by atoms with Gasteiger partial charge in [-0.05, 0) is 48.2 Å². The molecule has 0 spiro atoms. The zero-order valence-corrected chi connectivity index (χ0v) is 12.1. The largest absolute Gasteiger partial charge is 0.491 e. The van der Waals surface area contributed by atoms with Gasteiger partial charge in [0, 0.05) is 0 Å². The van der Waals surface area contributed by atoms with E-state index in [1.54, 1.807) is 0 Å². The van der Waals surface area contributed by atoms with Crippen molar-refractivity contribution in [3.05, 3.63) is 65.2 Å². The molecule has 0 aromatic heterocycles. The van der Waals surface area contributed by atoms with E-state index in [0.29, 0.717) is 13.2 Å². The third-order valence-corrected chi connectivity index (χ3v) is 3.85. The summed E-state index contributed by atoms with van der Waals surface area (Å²) in [5, 5.41) is 0. The Labute approximate surface area is 125 Å². The molecular weight excluding hydrogens is 262 g/mol. The zero-order valence-electron chi connectivity index (χ0n) is 12.1. The van der Waals surface area contributed by atoms with Gasteiger partial charge in [0.25, 0.3) is 0 Å². The molecule has 2 N–H and O–H groups in total. The van der Waals surface area contributed by atoms with E-state index in [-0.39, 0.29) is 6.10 Å². The summed E-state index contributed by atoms with van der Waals surface area (Å²) in [6.45, 7) is 1.99. The minimum atomic E-state index is 0.0265. The highest BCUT2D eigenvalue weighted by atomic mass is 16.5. The molecule has 0 fully saturated rings. The molecule has 1 heterocycles. The summed E-state index contributed by atoms with van der Waals surface area (Å²) in [5.74, 6) is 0.877. The summed E-state index contributed by atoms with van der Waals surface area (Å²) in [6.07, 6.45) is 1.92. The Bertz CT molecular complexity index is 580. The maximum absolute atomic E-state index is 5.88. The van der Waals surface area contributed by atoms with Gasteiger partial charge < -0.3 is 15.2 Å². The SMILES string of the molecule is NCCc1ccc(OCC2OCCc3ccccc32)cc1. The standard InChI is InChI=1S/C18H21NO2/c19-11-9-14-5-7-16(8-6-14)21-13-18-17-4-2-1-3-15(17)10-12-20-18/h1-8,18H,9-13,19H2. The van der Waals surface area contributed by atoms with E-state index in [1.807, 2.05) is 12.1 Å². The molecule has 110 valence electrons. The van der Waals surface area contributed by atoms with Crippen LogP contribution in [0.5, 0.6) is 5.75 Å². The molecule has 1 unspecified atom stereocenters. The second-order valence-electron chi connectivity index (χ2n) is 5.30. The fraction of sp³-hybridized carbons (Fsp3) is 0.333. The normalized spacial score (nSPS) is 17.3. The quantitative estimate of drug-likeness (QED) is 0.917. The molecule has 0 radical (unpaired) electrons. The summed E-state index contributed by atoms with van der Waals surface area (Å²) < 4.78 is 11.7. The molecule has 3 nitrogen and oxygen atoms in total. The van der Waals surface area contributed by atoms with Crippen molar-refractivity contribution < 1.29 is 9.47 Å². The molecular formula is C18H21NO2. The van der Waals surface area contributed by atoms with E-state index in [9.17, 15) is 0 Å². The summed E-state index contributed by atoms with van der Waals surface area (Å²) in [7, 11) is 0. The Balaban J connectivity index is 1.63. The van der Waals surface area contributed by atoms with E-state index in [1.165, 1.54) is 16.7 Å². The van der Waals surface area contributed by atoms with Gasteiger partial charge in [0.1, 0.15) is 18.5 Å². The van der Waals surface area contributed by atoms with E-state index in [2.05, 4.69) is 36.4 Å². The van der Waals surface area contributed by atoms with Crippen LogP contribution >= 0.6 is 0 Å². The Hall–Kier alpha value is -1.84. The summed E-state index contributed by atoms with van der Waals surface area (Å²) in [6, 6.07) is 16.6. The lowest BCUT2D eigenvalue weighted by atomic mass is 9.98. The van der Waals surface area contributed by atoms with Crippen molar-refractivity contribution in [1.82, 2.24) is 0 Å². The predicted molar refractivity (Wildman–Crippen MR) is 83.5 cm³/mol. The first kappa shape index (κ1) is 14.1. The van der Waals surface area contributed by atoms with Crippen molar-refractivity contribution in [1.29, 1.82) is 0 Å². The van der Waals surface area contributed by atoms with Crippen LogP contribution in [-0.4, -0.2) is 19.8 Å². The number of hydrogen-bond acceptors (Lipinski definition) is 3. The molecule has 3 rings (SSSR count). The van der Waals surface area contributed by atoms with Gasteiger partial charge in [-0.2, -0.15) is 0 Å². The van der Waals surface area contributed by atoms with Crippen LogP contribution in [0.3, 0.4) is 0 Å². The van der Waals surface area contributed by atoms with Crippen LogP contribution < -0.4 is 10.5 Å². The molecule has 3 heteroatoms. The van der Waals surface area contributed by atoms with Crippen molar-refractivity contribution in [3.8, 4) is 5.75 Å². The van der Waals surface area contributed by atoms with Crippen molar-refractivity contribution in [2.45, 2.75) is 18.9 Å². The van der Waals surface area contributed by atoms with Gasteiger partial charge >= 0.3 is 0 Å². The summed E-state index contributed by atoms with van der Waals surface area (Å²) in [5.41, 5.74) is 9.42. The molecule has 0 bridgehead atoms. The monoisotopic (exact) mass is 283 g/mol. The van der Waals surface area contributed by atoms with Crippen LogP contribution in [0.1, 0.15) is 22.8 Å². The molecule has 1 atom stereocenters. The number of ether oxygens (including phenoxy) is 2. The lowest BCUT2D eigenvalue weighted by Crippen LogP contribution is -2.21. The number of fused-ring (bicyclic) bond motifs is 1. The van der Waals surface area contributed by atoms with E-state index < -0.39 is 0 Å². The minimum Gasteiger partial charge on any atom is -0.491 e. The summed E-state index contributed by atoms with van der Waals surface area (Å²) >= 11 is 0. The second kappa shape index (κ2) is 6.74. The third kappa shape index (κ3) is 3.43. The fourth-order valence-electron chi connectivity index (χ4n) is 2.71. The Morgan fingerprint density at radius 1 is 1.10 bits per heavy atom. The van der Waals surface area contributed by atoms with E-state index in [4.69, 9.17) is 15.2 Å². The maximum atomic E-state index is 5.88. The van der Waals surface area contributed by atoms with Crippen LogP contribution in [0.4, 0.5) is 0 Å². The Morgan fingerprint density at radius 3 is 2.71 bits per heavy atom. The first-order chi connectivity index (χ1) is 10.4. The van der Waals surface area contributed by atoms with Crippen molar-refractivity contribution >= 4 is 0 Å². The fourth-order valence-corrected chi connectivity index (χ4v) is 2.71. The van der Waals surface area contributed by atoms with Gasteiger partial charge in [-0.25, -0.2) is 0 Å². The highest BCUT2D eigenvalue weighted by molar-refractivity contribution is 5.32. The first-order valence-electron chi connectivity index (χ1n) is 7.48. The van der Waals surface area contributed by atoms with Crippen LogP contribution in [-0.2, 0) is 17.6 Å². The molecule has 2 aromatic rings. The van der Waals surface area contributed by atoms with Crippen LogP contribution in [0.2, 0.25) is 0 Å². The average molecular weight is 283 g/mol. The lowest BCUT2D eigenvalue weighted by molar-refractivity contribution is 0.0102. The van der Waals surface area contributed by atoms with Gasteiger partial charge in [0.05, 0.1) is 6.61 Å². The van der Waals surface area contributed by atoms with Crippen molar-refractivity contribution in [2.75, 3.05) is 19.8 Å². The zero-order chi connectivity index (χ0) is 14.5. The van der Waals surface area contributed by atoms with Crippen molar-refractivity contribution in [2.24, 2.45) is 5.73 Å². The number of hydrogen-bond donors (Lipinski definition) is 1. The maximum Gasteiger partial charge on any atom is 0.119 e. The predicted octanol–water partition coefficient (Wildman–Crippen LogP) is 2.88. The number of nitrogens with two attached hydrogens (primary N) is 1. The molecule has 0 amide bonds. The molecule has 1 aliphatic rings. The molecule has 21 heavy (non-hydrogen) atoms. The topological polar surface area (TPSA) is 44.5 Å². The second-order valence-corrected chi connectivity index (χ2v) is 5.30. The highest BCUT2D eigenvalue weighted by Gasteiger charge is 2.20. The molecule has 2 aromatic carbocycles. The van der Waals surface area contributed by atoms with Crippen molar-refractivity contribution in [3.63, 3.8) is 0 Å². The number of rotatable bonds is 5. The van der Waals surface area contributed by atoms with Gasteiger partial charge in [0.2, 0.25) is 0 Å². The molecule has 0 saturated heterocycles. The van der Waals surface area contributed by atoms with Gasteiger partial charge in [0.15, 0.2) is 0 Å². The average Bonchev–Trinajstić information content (AvgIpc) is 2.54. The summed E-state index contributed by atoms with van der Waals surface area (Å²) in [4.78, 5) is 0. The van der Waals surface area contributed by atoms with Gasteiger partial charge in [-0.3, -0.25) is 0 Å². The first-order valence-corrected chi connectivity index (χ1v) is 7.48. The molecule has 0 saturated carbocycles. The van der Waals surface area contributed by atoms with E-state index in [0.717, 1.165) is 25.2 Å². The number of benzene rings is 2. The van der Waals surface area contributed by atoms with Crippen LogP contribution in [0.15, 0.2) is 48.5 Å². The lowest BCUT2D eigenvalue weighted by Gasteiger charge is -2.26. The molecule has 1 aliphatic heterocycles. The third-order valence-electron chi connectivity index (χ3n) is 3.85. The van der Waals surface area contributed by atoms with E-state index >= 15 is 0 Å².